The number of rotatable bonds is 4. The Labute approximate surface area is 115 Å². The molecule has 4 nitrogen and oxygen atoms in total. The lowest BCUT2D eigenvalue weighted by Gasteiger charge is -2.42. The molecule has 1 heterocycles. The van der Waals surface area contributed by atoms with Gasteiger partial charge in [0.15, 0.2) is 0 Å². The molecule has 0 aliphatic carbocycles. The smallest absolute Gasteiger partial charge is 0.123 e. The molecule has 1 aliphatic rings. The minimum absolute atomic E-state index is 0.117. The third-order valence-electron chi connectivity index (χ3n) is 3.62. The molecule has 0 bridgehead atoms. The predicted molar refractivity (Wildman–Crippen MR) is 76.4 cm³/mol. The monoisotopic (exact) mass is 264 g/mol. The van der Waals surface area contributed by atoms with E-state index in [1.54, 1.807) is 7.11 Å². The highest BCUT2D eigenvalue weighted by Crippen LogP contribution is 2.31. The molecule has 1 fully saturated rings. The SMILES string of the molecule is COc1ccccc1C(CN)N1CCOC(C)(C)C1. The first-order valence-electron chi connectivity index (χ1n) is 6.78. The zero-order valence-electron chi connectivity index (χ0n) is 12.1. The molecule has 1 aliphatic heterocycles. The molecule has 1 aromatic rings. The molecule has 19 heavy (non-hydrogen) atoms. The Kier molecular flexibility index (Phi) is 4.45. The van der Waals surface area contributed by atoms with Gasteiger partial charge in [0.25, 0.3) is 0 Å². The van der Waals surface area contributed by atoms with Gasteiger partial charge in [-0.3, -0.25) is 4.90 Å². The number of morpholine rings is 1. The number of hydrogen-bond acceptors (Lipinski definition) is 4. The van der Waals surface area contributed by atoms with Crippen molar-refractivity contribution in [3.63, 3.8) is 0 Å². The molecule has 2 rings (SSSR count). The largest absolute Gasteiger partial charge is 0.496 e. The maximum absolute atomic E-state index is 6.01. The van der Waals surface area contributed by atoms with Gasteiger partial charge in [0.05, 0.1) is 25.4 Å². The van der Waals surface area contributed by atoms with E-state index in [1.165, 1.54) is 0 Å². The van der Waals surface area contributed by atoms with Crippen molar-refractivity contribution in [1.29, 1.82) is 0 Å². The lowest BCUT2D eigenvalue weighted by Crippen LogP contribution is -2.50. The summed E-state index contributed by atoms with van der Waals surface area (Å²) in [6.07, 6.45) is 0. The van der Waals surface area contributed by atoms with Crippen LogP contribution in [-0.2, 0) is 4.74 Å². The summed E-state index contributed by atoms with van der Waals surface area (Å²) in [5.74, 6) is 0.905. The number of hydrogen-bond donors (Lipinski definition) is 1. The third-order valence-corrected chi connectivity index (χ3v) is 3.62. The molecule has 0 saturated carbocycles. The van der Waals surface area contributed by atoms with Crippen molar-refractivity contribution in [2.45, 2.75) is 25.5 Å². The highest BCUT2D eigenvalue weighted by molar-refractivity contribution is 5.36. The van der Waals surface area contributed by atoms with E-state index >= 15 is 0 Å². The van der Waals surface area contributed by atoms with Crippen molar-refractivity contribution >= 4 is 0 Å². The fraction of sp³-hybridized carbons (Fsp3) is 0.600. The second kappa shape index (κ2) is 5.90. The number of para-hydroxylation sites is 1. The summed E-state index contributed by atoms with van der Waals surface area (Å²) >= 11 is 0. The lowest BCUT2D eigenvalue weighted by atomic mass is 10.00. The standard InChI is InChI=1S/C15H24N2O2/c1-15(2)11-17(8-9-19-15)13(10-16)12-6-4-5-7-14(12)18-3/h4-7,13H,8-11,16H2,1-3H3. The summed E-state index contributed by atoms with van der Waals surface area (Å²) in [6, 6.07) is 8.28. The van der Waals surface area contributed by atoms with Gasteiger partial charge < -0.3 is 15.2 Å². The fourth-order valence-electron chi connectivity index (χ4n) is 2.73. The number of nitrogens with zero attached hydrogens (tertiary/aromatic N) is 1. The van der Waals surface area contributed by atoms with Gasteiger partial charge in [-0.05, 0) is 19.9 Å². The Morgan fingerprint density at radius 3 is 2.79 bits per heavy atom. The average Bonchev–Trinajstić information content (AvgIpc) is 2.39. The predicted octanol–water partition coefficient (Wildman–Crippen LogP) is 1.81. The lowest BCUT2D eigenvalue weighted by molar-refractivity contribution is -0.0968. The molecule has 1 unspecified atom stereocenters. The minimum Gasteiger partial charge on any atom is -0.496 e. The van der Waals surface area contributed by atoms with E-state index in [2.05, 4.69) is 24.8 Å². The first-order valence-corrected chi connectivity index (χ1v) is 6.78. The zero-order chi connectivity index (χ0) is 13.9. The van der Waals surface area contributed by atoms with Crippen LogP contribution in [0.25, 0.3) is 0 Å². The van der Waals surface area contributed by atoms with Crippen molar-refractivity contribution < 1.29 is 9.47 Å². The van der Waals surface area contributed by atoms with E-state index in [1.807, 2.05) is 18.2 Å². The summed E-state index contributed by atoms with van der Waals surface area (Å²) in [5, 5.41) is 0. The molecule has 4 heteroatoms. The van der Waals surface area contributed by atoms with Gasteiger partial charge in [0, 0.05) is 25.2 Å². The molecule has 0 radical (unpaired) electrons. The molecule has 2 N–H and O–H groups in total. The van der Waals surface area contributed by atoms with E-state index in [0.29, 0.717) is 6.54 Å². The molecular formula is C15H24N2O2. The van der Waals surface area contributed by atoms with Gasteiger partial charge in [-0.2, -0.15) is 0 Å². The maximum atomic E-state index is 6.01. The van der Waals surface area contributed by atoms with Crippen molar-refractivity contribution in [2.75, 3.05) is 33.4 Å². The van der Waals surface area contributed by atoms with Crippen LogP contribution < -0.4 is 10.5 Å². The first kappa shape index (κ1) is 14.3. The first-order chi connectivity index (χ1) is 9.07. The van der Waals surface area contributed by atoms with E-state index in [9.17, 15) is 0 Å². The summed E-state index contributed by atoms with van der Waals surface area (Å²) in [4.78, 5) is 2.39. The highest BCUT2D eigenvalue weighted by atomic mass is 16.5. The number of benzene rings is 1. The topological polar surface area (TPSA) is 47.7 Å². The average molecular weight is 264 g/mol. The van der Waals surface area contributed by atoms with Gasteiger partial charge >= 0.3 is 0 Å². The van der Waals surface area contributed by atoms with Crippen molar-refractivity contribution in [1.82, 2.24) is 4.90 Å². The zero-order valence-corrected chi connectivity index (χ0v) is 12.1. The van der Waals surface area contributed by atoms with E-state index < -0.39 is 0 Å². The minimum atomic E-state index is -0.117. The van der Waals surface area contributed by atoms with Gasteiger partial charge in [-0.15, -0.1) is 0 Å². The molecule has 0 spiro atoms. The second-order valence-corrected chi connectivity index (χ2v) is 5.57. The second-order valence-electron chi connectivity index (χ2n) is 5.57. The van der Waals surface area contributed by atoms with Crippen LogP contribution in [0.3, 0.4) is 0 Å². The molecule has 1 atom stereocenters. The Hall–Kier alpha value is -1.10. The Bertz CT molecular complexity index is 420. The molecule has 1 aromatic carbocycles. The molecule has 0 amide bonds. The third kappa shape index (κ3) is 3.26. The normalized spacial score (nSPS) is 21.1. The summed E-state index contributed by atoms with van der Waals surface area (Å²) < 4.78 is 11.2. The van der Waals surface area contributed by atoms with Crippen molar-refractivity contribution in [3.05, 3.63) is 29.8 Å². The fourth-order valence-corrected chi connectivity index (χ4v) is 2.73. The van der Waals surface area contributed by atoms with Crippen LogP contribution in [0.15, 0.2) is 24.3 Å². The van der Waals surface area contributed by atoms with E-state index in [0.717, 1.165) is 31.0 Å². The van der Waals surface area contributed by atoms with Crippen LogP contribution in [0.1, 0.15) is 25.5 Å². The van der Waals surface area contributed by atoms with Gasteiger partial charge in [0.1, 0.15) is 5.75 Å². The van der Waals surface area contributed by atoms with Crippen LogP contribution in [0, 0.1) is 0 Å². The maximum Gasteiger partial charge on any atom is 0.123 e. The molecular weight excluding hydrogens is 240 g/mol. The summed E-state index contributed by atoms with van der Waals surface area (Å²) in [6.45, 7) is 7.36. The molecule has 0 aromatic heterocycles. The van der Waals surface area contributed by atoms with Gasteiger partial charge in [0.2, 0.25) is 0 Å². The van der Waals surface area contributed by atoms with Crippen molar-refractivity contribution in [3.8, 4) is 5.75 Å². The highest BCUT2D eigenvalue weighted by Gasteiger charge is 2.32. The van der Waals surface area contributed by atoms with E-state index in [4.69, 9.17) is 15.2 Å². The quantitative estimate of drug-likeness (QED) is 0.901. The Morgan fingerprint density at radius 1 is 1.42 bits per heavy atom. The molecule has 106 valence electrons. The van der Waals surface area contributed by atoms with Crippen LogP contribution in [-0.4, -0.2) is 43.9 Å². The van der Waals surface area contributed by atoms with Crippen LogP contribution in [0.5, 0.6) is 5.75 Å². The van der Waals surface area contributed by atoms with Gasteiger partial charge in [-0.25, -0.2) is 0 Å². The summed E-state index contributed by atoms with van der Waals surface area (Å²) in [7, 11) is 1.70. The number of methoxy groups -OCH3 is 1. The number of ether oxygens (including phenoxy) is 2. The van der Waals surface area contributed by atoms with Crippen LogP contribution in [0.4, 0.5) is 0 Å². The van der Waals surface area contributed by atoms with Crippen LogP contribution >= 0.6 is 0 Å². The Morgan fingerprint density at radius 2 is 2.16 bits per heavy atom. The van der Waals surface area contributed by atoms with Gasteiger partial charge in [-0.1, -0.05) is 18.2 Å². The summed E-state index contributed by atoms with van der Waals surface area (Å²) in [5.41, 5.74) is 7.05. The molecule has 1 saturated heterocycles. The van der Waals surface area contributed by atoms with E-state index in [-0.39, 0.29) is 11.6 Å². The Balaban J connectivity index is 2.24. The van der Waals surface area contributed by atoms with Crippen molar-refractivity contribution in [2.24, 2.45) is 5.73 Å². The van der Waals surface area contributed by atoms with Crippen LogP contribution in [0.2, 0.25) is 0 Å². The number of nitrogens with two attached hydrogens (primary N) is 1.